The number of rotatable bonds is 8. The van der Waals surface area contributed by atoms with E-state index < -0.39 is 6.04 Å². The van der Waals surface area contributed by atoms with Crippen molar-refractivity contribution in [3.05, 3.63) is 69.9 Å². The van der Waals surface area contributed by atoms with Crippen molar-refractivity contribution >= 4 is 27.7 Å². The minimum Gasteiger partial charge on any atom is -0.354 e. The van der Waals surface area contributed by atoms with E-state index in [1.54, 1.807) is 24.0 Å². The summed E-state index contributed by atoms with van der Waals surface area (Å²) in [6.07, 6.45) is 0.107. The number of hydrogen-bond donors (Lipinski definition) is 1. The van der Waals surface area contributed by atoms with Gasteiger partial charge in [0, 0.05) is 17.6 Å². The number of nitrogens with one attached hydrogen (secondary N) is 1. The van der Waals surface area contributed by atoms with Crippen LogP contribution in [0.15, 0.2) is 53.0 Å². The zero-order chi connectivity index (χ0) is 20.7. The third-order valence-electron chi connectivity index (χ3n) is 4.36. The Morgan fingerprint density at radius 2 is 1.75 bits per heavy atom. The average molecular weight is 449 g/mol. The number of hydrogen-bond acceptors (Lipinski definition) is 2. The number of benzene rings is 2. The predicted molar refractivity (Wildman–Crippen MR) is 112 cm³/mol. The van der Waals surface area contributed by atoms with Crippen LogP contribution in [-0.4, -0.2) is 29.3 Å². The van der Waals surface area contributed by atoms with Crippen LogP contribution < -0.4 is 5.32 Å². The van der Waals surface area contributed by atoms with Crippen molar-refractivity contribution in [1.29, 1.82) is 0 Å². The fourth-order valence-corrected chi connectivity index (χ4v) is 3.19. The summed E-state index contributed by atoms with van der Waals surface area (Å²) in [5.74, 6) is -0.386. The van der Waals surface area contributed by atoms with E-state index in [0.717, 1.165) is 10.0 Å². The van der Waals surface area contributed by atoms with Gasteiger partial charge in [0.15, 0.2) is 0 Å². The average Bonchev–Trinajstić information content (AvgIpc) is 2.65. The zero-order valence-corrected chi connectivity index (χ0v) is 18.0. The molecule has 4 nitrogen and oxygen atoms in total. The summed E-state index contributed by atoms with van der Waals surface area (Å²) in [5, 5.41) is 2.89. The van der Waals surface area contributed by atoms with Gasteiger partial charge in [-0.05, 0) is 48.2 Å². The highest BCUT2D eigenvalue weighted by Crippen LogP contribution is 2.16. The van der Waals surface area contributed by atoms with Gasteiger partial charge in [-0.25, -0.2) is 4.39 Å². The fourth-order valence-electron chi connectivity index (χ4n) is 2.75. The van der Waals surface area contributed by atoms with Gasteiger partial charge in [0.1, 0.15) is 11.9 Å². The van der Waals surface area contributed by atoms with Crippen LogP contribution >= 0.6 is 15.9 Å². The minimum atomic E-state index is -0.620. The summed E-state index contributed by atoms with van der Waals surface area (Å²) < 4.78 is 14.0. The fraction of sp³-hybridized carbons (Fsp3) is 0.364. The molecule has 0 saturated carbocycles. The van der Waals surface area contributed by atoms with E-state index in [4.69, 9.17) is 0 Å². The van der Waals surface area contributed by atoms with Crippen LogP contribution in [-0.2, 0) is 22.6 Å². The van der Waals surface area contributed by atoms with Crippen LogP contribution in [0.5, 0.6) is 0 Å². The molecular formula is C22H26BrFN2O2. The van der Waals surface area contributed by atoms with E-state index in [-0.39, 0.29) is 24.1 Å². The van der Waals surface area contributed by atoms with E-state index in [9.17, 15) is 14.0 Å². The van der Waals surface area contributed by atoms with Gasteiger partial charge >= 0.3 is 0 Å². The molecule has 0 aliphatic rings. The first-order valence-electron chi connectivity index (χ1n) is 9.32. The van der Waals surface area contributed by atoms with Crippen molar-refractivity contribution in [2.45, 2.75) is 39.8 Å². The van der Waals surface area contributed by atoms with E-state index in [0.29, 0.717) is 24.6 Å². The molecular weight excluding hydrogens is 423 g/mol. The normalized spacial score (nSPS) is 11.9. The molecule has 1 N–H and O–H groups in total. The Balaban J connectivity index is 2.19. The Morgan fingerprint density at radius 1 is 1.07 bits per heavy atom. The summed E-state index contributed by atoms with van der Waals surface area (Å²) >= 11 is 3.44. The van der Waals surface area contributed by atoms with Crippen molar-refractivity contribution < 1.29 is 14.0 Å². The summed E-state index contributed by atoms with van der Waals surface area (Å²) in [4.78, 5) is 27.2. The zero-order valence-electron chi connectivity index (χ0n) is 16.4. The Labute approximate surface area is 174 Å². The minimum absolute atomic E-state index is 0.107. The van der Waals surface area contributed by atoms with Crippen LogP contribution in [0.1, 0.15) is 31.9 Å². The van der Waals surface area contributed by atoms with Crippen LogP contribution in [0.4, 0.5) is 4.39 Å². The quantitative estimate of drug-likeness (QED) is 0.653. The first-order chi connectivity index (χ1) is 13.3. The largest absolute Gasteiger partial charge is 0.354 e. The third-order valence-corrected chi connectivity index (χ3v) is 4.86. The molecule has 6 heteroatoms. The highest BCUT2D eigenvalue weighted by Gasteiger charge is 2.26. The molecule has 0 heterocycles. The van der Waals surface area contributed by atoms with Crippen LogP contribution in [0, 0.1) is 11.7 Å². The van der Waals surface area contributed by atoms with Crippen molar-refractivity contribution in [2.24, 2.45) is 5.92 Å². The second-order valence-electron chi connectivity index (χ2n) is 7.27. The Bertz CT molecular complexity index is 808. The summed E-state index contributed by atoms with van der Waals surface area (Å²) in [6.45, 7) is 6.64. The number of halogens is 2. The Hall–Kier alpha value is -2.21. The second kappa shape index (κ2) is 10.4. The maximum atomic E-state index is 13.1. The van der Waals surface area contributed by atoms with E-state index in [1.165, 1.54) is 12.1 Å². The van der Waals surface area contributed by atoms with Crippen molar-refractivity contribution in [1.82, 2.24) is 10.2 Å². The molecule has 1 atom stereocenters. The van der Waals surface area contributed by atoms with Crippen molar-refractivity contribution in [2.75, 3.05) is 6.54 Å². The lowest BCUT2D eigenvalue weighted by atomic mass is 10.1. The topological polar surface area (TPSA) is 49.4 Å². The van der Waals surface area contributed by atoms with Crippen LogP contribution in [0.25, 0.3) is 0 Å². The molecule has 0 fully saturated rings. The van der Waals surface area contributed by atoms with Gasteiger partial charge in [-0.3, -0.25) is 9.59 Å². The standard InChI is InChI=1S/C22H26BrFN2O2/c1-15(2)13-25-22(28)16(3)26(14-18-5-4-6-19(23)11-18)21(27)12-17-7-9-20(24)10-8-17/h4-11,15-16H,12-14H2,1-3H3,(H,25,28)/t16-/m1/s1. The molecule has 2 aromatic rings. The summed E-state index contributed by atoms with van der Waals surface area (Å²) in [5.41, 5.74) is 1.63. The number of carbonyl (C=O) groups is 2. The van der Waals surface area contributed by atoms with E-state index in [1.807, 2.05) is 38.1 Å². The van der Waals surface area contributed by atoms with Crippen molar-refractivity contribution in [3.8, 4) is 0 Å². The maximum absolute atomic E-state index is 13.1. The van der Waals surface area contributed by atoms with Gasteiger partial charge in [-0.2, -0.15) is 0 Å². The van der Waals surface area contributed by atoms with Crippen LogP contribution in [0.3, 0.4) is 0 Å². The number of carbonyl (C=O) groups excluding carboxylic acids is 2. The van der Waals surface area contributed by atoms with Crippen LogP contribution in [0.2, 0.25) is 0 Å². The monoisotopic (exact) mass is 448 g/mol. The lowest BCUT2D eigenvalue weighted by Crippen LogP contribution is -2.48. The van der Waals surface area contributed by atoms with E-state index in [2.05, 4.69) is 21.2 Å². The van der Waals surface area contributed by atoms with Gasteiger partial charge in [0.25, 0.3) is 0 Å². The molecule has 0 unspecified atom stereocenters. The second-order valence-corrected chi connectivity index (χ2v) is 8.19. The molecule has 0 aliphatic carbocycles. The van der Waals surface area contributed by atoms with Crippen molar-refractivity contribution in [3.63, 3.8) is 0 Å². The molecule has 2 aromatic carbocycles. The highest BCUT2D eigenvalue weighted by atomic mass is 79.9. The smallest absolute Gasteiger partial charge is 0.242 e. The molecule has 0 aliphatic heterocycles. The molecule has 0 saturated heterocycles. The Kier molecular flexibility index (Phi) is 8.18. The van der Waals surface area contributed by atoms with Gasteiger partial charge in [0.05, 0.1) is 6.42 Å². The SMILES string of the molecule is CC(C)CNC(=O)[C@@H](C)N(Cc1cccc(Br)c1)C(=O)Cc1ccc(F)cc1. The van der Waals surface area contributed by atoms with Gasteiger partial charge in [-0.15, -0.1) is 0 Å². The first-order valence-corrected chi connectivity index (χ1v) is 10.1. The van der Waals surface area contributed by atoms with E-state index >= 15 is 0 Å². The summed E-state index contributed by atoms with van der Waals surface area (Å²) in [6, 6.07) is 12.9. The molecule has 0 bridgehead atoms. The number of nitrogens with zero attached hydrogens (tertiary/aromatic N) is 1. The first kappa shape index (κ1) is 22.1. The maximum Gasteiger partial charge on any atom is 0.242 e. The highest BCUT2D eigenvalue weighted by molar-refractivity contribution is 9.10. The molecule has 0 aromatic heterocycles. The number of amides is 2. The summed E-state index contributed by atoms with van der Waals surface area (Å²) in [7, 11) is 0. The molecule has 2 amide bonds. The van der Waals surface area contributed by atoms with Gasteiger partial charge < -0.3 is 10.2 Å². The van der Waals surface area contributed by atoms with Gasteiger partial charge in [0.2, 0.25) is 11.8 Å². The molecule has 2 rings (SSSR count). The molecule has 0 radical (unpaired) electrons. The third kappa shape index (κ3) is 6.75. The molecule has 150 valence electrons. The van der Waals surface area contributed by atoms with Gasteiger partial charge in [-0.1, -0.05) is 54.0 Å². The predicted octanol–water partition coefficient (Wildman–Crippen LogP) is 4.32. The lowest BCUT2D eigenvalue weighted by molar-refractivity contribution is -0.140. The molecule has 28 heavy (non-hydrogen) atoms. The lowest BCUT2D eigenvalue weighted by Gasteiger charge is -2.29. The molecule has 0 spiro atoms. The Morgan fingerprint density at radius 3 is 2.36 bits per heavy atom.